The third kappa shape index (κ3) is 6.72. The number of rotatable bonds is 8. The topological polar surface area (TPSA) is 83.4 Å². The Hall–Kier alpha value is -1.56. The predicted molar refractivity (Wildman–Crippen MR) is 114 cm³/mol. The Morgan fingerprint density at radius 3 is 2.12 bits per heavy atom. The summed E-state index contributed by atoms with van der Waals surface area (Å²) >= 11 is 0.470. The molecular formula is C21H29F3HgN2O4Si. The number of carbonyl (C=O) groups excluding carboxylic acids is 2. The van der Waals surface area contributed by atoms with Crippen molar-refractivity contribution in [2.75, 3.05) is 13.7 Å². The molecule has 0 saturated carbocycles. The van der Waals surface area contributed by atoms with Crippen LogP contribution in [0.1, 0.15) is 33.3 Å². The minimum atomic E-state index is -5.19. The first-order chi connectivity index (χ1) is 14.9. The van der Waals surface area contributed by atoms with Crippen LogP contribution >= 0.6 is 0 Å². The molecule has 1 aromatic heterocycles. The first-order valence-corrected chi connectivity index (χ1v) is 15.8. The Kier molecular flexibility index (Phi) is 10.7. The molecule has 0 radical (unpaired) electrons. The quantitative estimate of drug-likeness (QED) is 0.443. The van der Waals surface area contributed by atoms with Gasteiger partial charge in [-0.05, 0) is 0 Å². The Bertz CT molecular complexity index is 935. The molecular weight excluding hydrogens is 630 g/mol. The van der Waals surface area contributed by atoms with Crippen molar-refractivity contribution in [3.05, 3.63) is 23.9 Å². The molecule has 0 aliphatic carbocycles. The van der Waals surface area contributed by atoms with Crippen LogP contribution in [0.4, 0.5) is 13.2 Å². The standard InChI is InChI=1S/C19H29N2O2Si.C2HF3O2.Hg/c1-6-24(7-2,8-3)21-14-16(11-12-20-15(4)22)18-13-17(23-5)9-10-19(18)21;3-2(4,5)1(6)7;/h9-10,14H,6-8,11-12H2,1-5H3,(H,20,22);(H,6,7);/q;;+1/p-1. The van der Waals surface area contributed by atoms with Crippen LogP contribution in [0.15, 0.2) is 18.3 Å². The summed E-state index contributed by atoms with van der Waals surface area (Å²) in [6.45, 7) is 9.30. The number of halogens is 3. The number of hydrogen-bond donors (Lipinski definition) is 1. The molecule has 0 bridgehead atoms. The number of carboxylic acid groups (broad SMARTS) is 1. The summed E-state index contributed by atoms with van der Waals surface area (Å²) in [5, 5.41) is 13.1. The number of carboxylic acids is 1. The number of nitrogens with zero attached hydrogens (tertiary/aromatic N) is 1. The van der Waals surface area contributed by atoms with Crippen molar-refractivity contribution >= 4 is 34.1 Å². The summed E-state index contributed by atoms with van der Waals surface area (Å²) in [7, 11) is 0.220. The van der Waals surface area contributed by atoms with Crippen molar-refractivity contribution in [3.63, 3.8) is 0 Å². The molecule has 174 valence electrons. The molecule has 6 nitrogen and oxygen atoms in total. The average molecular weight is 659 g/mol. The van der Waals surface area contributed by atoms with Gasteiger partial charge in [0.05, 0.1) is 0 Å². The van der Waals surface area contributed by atoms with E-state index in [1.807, 2.05) is 0 Å². The number of aromatic nitrogens is 1. The second-order valence-electron chi connectivity index (χ2n) is 7.47. The van der Waals surface area contributed by atoms with Crippen molar-refractivity contribution in [1.29, 1.82) is 0 Å². The van der Waals surface area contributed by atoms with Gasteiger partial charge in [0.15, 0.2) is 0 Å². The second kappa shape index (κ2) is 12.1. The molecule has 0 saturated heterocycles. The molecule has 1 N–H and O–H groups in total. The minimum Gasteiger partial charge on any atom is -0.542 e. The van der Waals surface area contributed by atoms with E-state index in [2.05, 4.69) is 48.7 Å². The van der Waals surface area contributed by atoms with Gasteiger partial charge < -0.3 is 9.90 Å². The maximum atomic E-state index is 11.2. The van der Waals surface area contributed by atoms with Gasteiger partial charge in [0.1, 0.15) is 5.97 Å². The van der Waals surface area contributed by atoms with Crippen molar-refractivity contribution < 1.29 is 58.7 Å². The molecule has 1 aromatic carbocycles. The molecule has 0 spiro atoms. The van der Waals surface area contributed by atoms with Crippen LogP contribution in [0.3, 0.4) is 0 Å². The first-order valence-electron chi connectivity index (χ1n) is 10.4. The van der Waals surface area contributed by atoms with E-state index in [0.717, 1.165) is 12.2 Å². The van der Waals surface area contributed by atoms with Crippen LogP contribution in [-0.4, -0.2) is 44.2 Å². The van der Waals surface area contributed by atoms with E-state index < -0.39 is 20.4 Å². The fourth-order valence-corrected chi connectivity index (χ4v) is 10.1. The zero-order valence-electron chi connectivity index (χ0n) is 19.2. The Morgan fingerprint density at radius 2 is 1.72 bits per heavy atom. The van der Waals surface area contributed by atoms with Crippen LogP contribution < -0.4 is 18.2 Å². The number of nitrogens with one attached hydrogen (secondary N) is 1. The molecule has 32 heavy (non-hydrogen) atoms. The number of hydrogen-bond acceptors (Lipinski definition) is 4. The van der Waals surface area contributed by atoms with Crippen molar-refractivity contribution in [2.45, 2.75) is 58.4 Å². The fraction of sp³-hybridized carbons (Fsp3) is 0.524. The summed E-state index contributed by atoms with van der Waals surface area (Å²) in [5.74, 6) is -1.95. The van der Waals surface area contributed by atoms with E-state index in [1.165, 1.54) is 37.7 Å². The molecule has 1 amide bonds. The SMILES string of the molecule is CC[Si](CC)(CC)n1cc(CCNC(C)=O)c2[c]([Hg+])c(OC)ccc21.O=C([O-])C(F)(F)F. The van der Waals surface area contributed by atoms with E-state index in [1.54, 1.807) is 14.0 Å². The third-order valence-electron chi connectivity index (χ3n) is 5.82. The Labute approximate surface area is 203 Å². The smallest absolute Gasteiger partial charge is 0.430 e. The number of benzene rings is 1. The Morgan fingerprint density at radius 1 is 1.19 bits per heavy atom. The van der Waals surface area contributed by atoms with E-state index in [4.69, 9.17) is 14.6 Å². The van der Waals surface area contributed by atoms with Gasteiger partial charge in [0.2, 0.25) is 0 Å². The summed E-state index contributed by atoms with van der Waals surface area (Å²) in [5.41, 5.74) is 2.74. The second-order valence-corrected chi connectivity index (χ2v) is 15.3. The van der Waals surface area contributed by atoms with E-state index >= 15 is 0 Å². The summed E-state index contributed by atoms with van der Waals surface area (Å²) in [6, 6.07) is 8.14. The van der Waals surface area contributed by atoms with Gasteiger partial charge in [-0.3, -0.25) is 0 Å². The number of methoxy groups -OCH3 is 1. The molecule has 0 aliphatic heterocycles. The Balaban J connectivity index is 0.000000633. The summed E-state index contributed by atoms with van der Waals surface area (Å²) < 4.78 is 41.2. The molecule has 11 heteroatoms. The maximum Gasteiger partial charge on any atom is 0.430 e. The van der Waals surface area contributed by atoms with Crippen LogP contribution in [0, 0.1) is 0 Å². The molecule has 1 heterocycles. The van der Waals surface area contributed by atoms with Crippen LogP contribution in [0.25, 0.3) is 10.9 Å². The normalized spacial score (nSPS) is 11.7. The van der Waals surface area contributed by atoms with Gasteiger partial charge in [-0.15, -0.1) is 0 Å². The number of ether oxygens (including phenoxy) is 1. The van der Waals surface area contributed by atoms with Gasteiger partial charge in [-0.25, -0.2) is 0 Å². The number of alkyl halides is 3. The zero-order chi connectivity index (χ0) is 24.7. The van der Waals surface area contributed by atoms with Gasteiger partial charge in [0, 0.05) is 0 Å². The van der Waals surface area contributed by atoms with Crippen LogP contribution in [-0.2, 0) is 42.1 Å². The van der Waals surface area contributed by atoms with Gasteiger partial charge in [-0.2, -0.15) is 13.2 Å². The van der Waals surface area contributed by atoms with Crippen molar-refractivity contribution in [3.8, 4) is 5.75 Å². The molecule has 0 unspecified atom stereocenters. The van der Waals surface area contributed by atoms with Gasteiger partial charge in [0.25, 0.3) is 0 Å². The molecule has 0 atom stereocenters. The number of carbonyl (C=O) groups is 2. The summed E-state index contributed by atoms with van der Waals surface area (Å²) in [4.78, 5) is 20.0. The van der Waals surface area contributed by atoms with Crippen LogP contribution in [0.2, 0.25) is 18.1 Å². The summed E-state index contributed by atoms with van der Waals surface area (Å²) in [6.07, 6.45) is -1.92. The predicted octanol–water partition coefficient (Wildman–Crippen LogP) is 2.65. The number of amides is 1. The van der Waals surface area contributed by atoms with E-state index in [9.17, 15) is 18.0 Å². The fourth-order valence-electron chi connectivity index (χ4n) is 3.87. The minimum absolute atomic E-state index is 0.0376. The third-order valence-corrected chi connectivity index (χ3v) is 13.9. The number of fused-ring (bicyclic) bond motifs is 1. The molecule has 2 aromatic rings. The molecule has 0 fully saturated rings. The van der Waals surface area contributed by atoms with Crippen LogP contribution in [0.5, 0.6) is 5.75 Å². The molecule has 0 aliphatic rings. The van der Waals surface area contributed by atoms with E-state index in [-0.39, 0.29) is 5.91 Å². The van der Waals surface area contributed by atoms with Crippen molar-refractivity contribution in [2.24, 2.45) is 0 Å². The van der Waals surface area contributed by atoms with E-state index in [0.29, 0.717) is 32.7 Å². The largest absolute Gasteiger partial charge is 0.542 e. The monoisotopic (exact) mass is 660 g/mol. The number of aliphatic carboxylic acids is 1. The zero-order valence-corrected chi connectivity index (χ0v) is 25.7. The molecule has 2 rings (SSSR count). The first kappa shape index (κ1) is 28.5. The average Bonchev–Trinajstić information content (AvgIpc) is 3.09. The van der Waals surface area contributed by atoms with Crippen molar-refractivity contribution in [1.82, 2.24) is 9.55 Å². The maximum absolute atomic E-state index is 11.2. The van der Waals surface area contributed by atoms with Gasteiger partial charge >= 0.3 is 175 Å². The van der Waals surface area contributed by atoms with Gasteiger partial charge in [-0.1, -0.05) is 0 Å².